The smallest absolute Gasteiger partial charge is 0.148 e. The maximum atomic E-state index is 4.28. The topological polar surface area (TPSA) is 49.8 Å². The third kappa shape index (κ3) is 2.02. The van der Waals surface area contributed by atoms with E-state index in [1.54, 1.807) is 0 Å². The minimum Gasteiger partial charge on any atom is -0.368 e. The van der Waals surface area contributed by atoms with Crippen molar-refractivity contribution >= 4 is 5.82 Å². The lowest BCUT2D eigenvalue weighted by atomic mass is 10.1. The molecule has 1 aromatic heterocycles. The van der Waals surface area contributed by atoms with Crippen LogP contribution in [0.1, 0.15) is 24.1 Å². The van der Waals surface area contributed by atoms with E-state index in [-0.39, 0.29) is 0 Å². The van der Waals surface area contributed by atoms with Crippen LogP contribution in [0.15, 0.2) is 6.07 Å². The van der Waals surface area contributed by atoms with E-state index in [9.17, 15) is 0 Å². The minimum atomic E-state index is 0.745. The average molecular weight is 218 g/mol. The van der Waals surface area contributed by atoms with E-state index in [1.807, 2.05) is 0 Å². The van der Waals surface area contributed by atoms with Crippen LogP contribution < -0.4 is 10.6 Å². The molecule has 0 spiro atoms. The van der Waals surface area contributed by atoms with Crippen LogP contribution in [0.5, 0.6) is 0 Å². The van der Waals surface area contributed by atoms with Gasteiger partial charge in [0.15, 0.2) is 0 Å². The first kappa shape index (κ1) is 10.0. The molecule has 0 bridgehead atoms. The lowest BCUT2D eigenvalue weighted by Crippen LogP contribution is -2.18. The van der Waals surface area contributed by atoms with Gasteiger partial charge in [-0.3, -0.25) is 0 Å². The Morgan fingerprint density at radius 1 is 1.38 bits per heavy atom. The van der Waals surface area contributed by atoms with E-state index in [0.717, 1.165) is 37.8 Å². The Hall–Kier alpha value is -1.16. The Morgan fingerprint density at radius 3 is 3.25 bits per heavy atom. The van der Waals surface area contributed by atoms with Gasteiger partial charge in [-0.1, -0.05) is 0 Å². The van der Waals surface area contributed by atoms with Crippen LogP contribution >= 0.6 is 0 Å². The molecule has 86 valence electrons. The van der Waals surface area contributed by atoms with Gasteiger partial charge >= 0.3 is 0 Å². The summed E-state index contributed by atoms with van der Waals surface area (Å²) in [6.07, 6.45) is 4.78. The fraction of sp³-hybridized carbons (Fsp3) is 0.667. The van der Waals surface area contributed by atoms with E-state index in [2.05, 4.69) is 26.9 Å². The van der Waals surface area contributed by atoms with Crippen molar-refractivity contribution in [1.82, 2.24) is 15.5 Å². The highest BCUT2D eigenvalue weighted by Gasteiger charge is 2.16. The van der Waals surface area contributed by atoms with Gasteiger partial charge in [-0.15, -0.1) is 5.10 Å². The maximum absolute atomic E-state index is 4.28. The van der Waals surface area contributed by atoms with E-state index in [1.165, 1.54) is 30.5 Å². The summed E-state index contributed by atoms with van der Waals surface area (Å²) in [6, 6.07) is 2.18. The van der Waals surface area contributed by atoms with E-state index in [0.29, 0.717) is 0 Å². The van der Waals surface area contributed by atoms with E-state index in [4.69, 9.17) is 0 Å². The van der Waals surface area contributed by atoms with Crippen LogP contribution in [0.4, 0.5) is 5.82 Å². The first-order chi connectivity index (χ1) is 7.92. The number of hydrogen-bond donors (Lipinski definition) is 2. The average Bonchev–Trinajstić information content (AvgIpc) is 2.97. The molecule has 1 unspecified atom stereocenters. The summed E-state index contributed by atoms with van der Waals surface area (Å²) in [5.74, 6) is 1.70. The second kappa shape index (κ2) is 4.37. The maximum Gasteiger partial charge on any atom is 0.148 e. The first-order valence-electron chi connectivity index (χ1n) is 6.22. The molecule has 4 nitrogen and oxygen atoms in total. The predicted octanol–water partition coefficient (Wildman–Crippen LogP) is 0.987. The Bertz CT molecular complexity index is 371. The number of nitrogens with one attached hydrogen (secondary N) is 2. The highest BCUT2D eigenvalue weighted by atomic mass is 15.2. The molecule has 0 amide bonds. The molecule has 1 fully saturated rings. The lowest BCUT2D eigenvalue weighted by molar-refractivity contribution is 0.613. The fourth-order valence-corrected chi connectivity index (χ4v) is 2.55. The van der Waals surface area contributed by atoms with Crippen LogP contribution in [0.3, 0.4) is 0 Å². The van der Waals surface area contributed by atoms with Crippen molar-refractivity contribution in [2.45, 2.75) is 25.7 Å². The Labute approximate surface area is 95.8 Å². The van der Waals surface area contributed by atoms with Gasteiger partial charge in [0.2, 0.25) is 0 Å². The molecule has 2 N–H and O–H groups in total. The van der Waals surface area contributed by atoms with Crippen molar-refractivity contribution in [2.24, 2.45) is 5.92 Å². The van der Waals surface area contributed by atoms with Crippen molar-refractivity contribution in [3.63, 3.8) is 0 Å². The lowest BCUT2D eigenvalue weighted by Gasteiger charge is -2.10. The van der Waals surface area contributed by atoms with Gasteiger partial charge in [-0.05, 0) is 56.3 Å². The third-order valence-corrected chi connectivity index (χ3v) is 3.55. The van der Waals surface area contributed by atoms with Crippen LogP contribution in [-0.2, 0) is 12.8 Å². The quantitative estimate of drug-likeness (QED) is 0.794. The monoisotopic (exact) mass is 218 g/mol. The number of hydrogen-bond acceptors (Lipinski definition) is 4. The van der Waals surface area contributed by atoms with Crippen molar-refractivity contribution in [3.05, 3.63) is 17.3 Å². The highest BCUT2D eigenvalue weighted by Crippen LogP contribution is 2.21. The molecule has 2 heterocycles. The van der Waals surface area contributed by atoms with Gasteiger partial charge in [0.25, 0.3) is 0 Å². The molecule has 2 aliphatic rings. The zero-order valence-corrected chi connectivity index (χ0v) is 9.50. The molecule has 3 rings (SSSR count). The number of fused-ring (bicyclic) bond motifs is 1. The normalized spacial score (nSPS) is 23.4. The SMILES string of the molecule is c1c(NCC2CCNC2)nnc2c1CCC2. The molecule has 0 radical (unpaired) electrons. The standard InChI is InChI=1S/C12H18N4/c1-2-10-6-12(16-15-11(10)3-1)14-8-9-4-5-13-7-9/h6,9,13H,1-5,7-8H2,(H,14,16). The second-order valence-electron chi connectivity index (χ2n) is 4.79. The summed E-state index contributed by atoms with van der Waals surface area (Å²) in [7, 11) is 0. The summed E-state index contributed by atoms with van der Waals surface area (Å²) in [5.41, 5.74) is 2.59. The molecule has 4 heteroatoms. The van der Waals surface area contributed by atoms with Crippen molar-refractivity contribution in [2.75, 3.05) is 25.0 Å². The molecule has 1 aliphatic heterocycles. The van der Waals surface area contributed by atoms with Crippen LogP contribution in [0.25, 0.3) is 0 Å². The summed E-state index contributed by atoms with van der Waals surface area (Å²) in [4.78, 5) is 0. The Kier molecular flexibility index (Phi) is 2.74. The van der Waals surface area contributed by atoms with Gasteiger partial charge in [0, 0.05) is 6.54 Å². The summed E-state index contributed by atoms with van der Waals surface area (Å²) in [5, 5.41) is 15.3. The van der Waals surface area contributed by atoms with Crippen molar-refractivity contribution < 1.29 is 0 Å². The van der Waals surface area contributed by atoms with Gasteiger partial charge < -0.3 is 10.6 Å². The van der Waals surface area contributed by atoms with Gasteiger partial charge in [0.1, 0.15) is 5.82 Å². The molecule has 1 saturated heterocycles. The predicted molar refractivity (Wildman–Crippen MR) is 63.5 cm³/mol. The van der Waals surface area contributed by atoms with Gasteiger partial charge in [0.05, 0.1) is 5.69 Å². The number of aryl methyl sites for hydroxylation is 2. The molecule has 1 aromatic rings. The second-order valence-corrected chi connectivity index (χ2v) is 4.79. The fourth-order valence-electron chi connectivity index (χ4n) is 2.55. The molecule has 1 atom stereocenters. The van der Waals surface area contributed by atoms with Gasteiger partial charge in [-0.25, -0.2) is 0 Å². The Morgan fingerprint density at radius 2 is 2.38 bits per heavy atom. The minimum absolute atomic E-state index is 0.745. The van der Waals surface area contributed by atoms with Crippen LogP contribution in [-0.4, -0.2) is 29.8 Å². The zero-order valence-electron chi connectivity index (χ0n) is 9.50. The number of rotatable bonds is 3. The molecule has 0 aromatic carbocycles. The molecule has 0 saturated carbocycles. The molecule has 1 aliphatic carbocycles. The van der Waals surface area contributed by atoms with Crippen LogP contribution in [0, 0.1) is 5.92 Å². The summed E-state index contributed by atoms with van der Waals surface area (Å²) in [6.45, 7) is 3.30. The molecular weight excluding hydrogens is 200 g/mol. The van der Waals surface area contributed by atoms with Gasteiger partial charge in [-0.2, -0.15) is 5.10 Å². The summed E-state index contributed by atoms with van der Waals surface area (Å²) >= 11 is 0. The Balaban J connectivity index is 1.61. The van der Waals surface area contributed by atoms with E-state index < -0.39 is 0 Å². The van der Waals surface area contributed by atoms with Crippen molar-refractivity contribution in [3.8, 4) is 0 Å². The van der Waals surface area contributed by atoms with Crippen LogP contribution in [0.2, 0.25) is 0 Å². The van der Waals surface area contributed by atoms with Crippen molar-refractivity contribution in [1.29, 1.82) is 0 Å². The zero-order chi connectivity index (χ0) is 10.8. The number of nitrogens with zero attached hydrogens (tertiary/aromatic N) is 2. The first-order valence-corrected chi connectivity index (χ1v) is 6.22. The largest absolute Gasteiger partial charge is 0.368 e. The number of aromatic nitrogens is 2. The number of anilines is 1. The highest BCUT2D eigenvalue weighted by molar-refractivity contribution is 5.39. The molecule has 16 heavy (non-hydrogen) atoms. The molecular formula is C12H18N4. The third-order valence-electron chi connectivity index (χ3n) is 3.55. The summed E-state index contributed by atoms with van der Waals surface area (Å²) < 4.78 is 0. The van der Waals surface area contributed by atoms with E-state index >= 15 is 0 Å².